The molecule has 1 saturated heterocycles. The zero-order chi connectivity index (χ0) is 30.5. The van der Waals surface area contributed by atoms with Crippen molar-refractivity contribution in [1.29, 1.82) is 0 Å². The maximum atomic E-state index is 14.4. The third-order valence-corrected chi connectivity index (χ3v) is 8.99. The van der Waals surface area contributed by atoms with E-state index in [4.69, 9.17) is 0 Å². The summed E-state index contributed by atoms with van der Waals surface area (Å²) in [7, 11) is 0. The van der Waals surface area contributed by atoms with Gasteiger partial charge in [-0.05, 0) is 43.1 Å². The number of carbonyl (C=O) groups is 5. The average molecular weight is 580 g/mol. The molecular weight excluding hydrogens is 534 g/mol. The van der Waals surface area contributed by atoms with Gasteiger partial charge >= 0.3 is 0 Å². The maximum Gasteiger partial charge on any atom is 0.261 e. The molecule has 1 aromatic carbocycles. The molecule has 0 bridgehead atoms. The first-order chi connectivity index (χ1) is 20.0. The molecule has 10 heteroatoms. The summed E-state index contributed by atoms with van der Waals surface area (Å²) in [5.74, 6) is -2.17. The second-order valence-electron chi connectivity index (χ2n) is 12.5. The standard InChI is InChI=1S/C32H45N5O5/c1-5-23-18-34-32(28(23)40,16-22-11-7-6-8-12-22)25-19-33-31(29(25)41,15-20(2)3)17-26(39)36-37-30(42)27(35-21(4)38)24-13-9-10-14-24/h6-8,11-12,18,20,24-25,27,33-34H,5,9-10,13-17,19H2,1-4H3,(H,35,38)(H,36,39)(H,37,42)/t25?,27-,31-,32?/m0/s1. The third-order valence-electron chi connectivity index (χ3n) is 8.99. The van der Waals surface area contributed by atoms with Gasteiger partial charge in [-0.15, -0.1) is 0 Å². The van der Waals surface area contributed by atoms with Crippen molar-refractivity contribution in [2.75, 3.05) is 6.54 Å². The Morgan fingerprint density at radius 2 is 1.74 bits per heavy atom. The van der Waals surface area contributed by atoms with Crippen molar-refractivity contribution in [2.45, 2.75) is 96.2 Å². The molecule has 1 aliphatic carbocycles. The van der Waals surface area contributed by atoms with Gasteiger partial charge in [-0.25, -0.2) is 0 Å². The molecule has 2 aliphatic heterocycles. The van der Waals surface area contributed by atoms with E-state index in [2.05, 4.69) is 26.8 Å². The summed E-state index contributed by atoms with van der Waals surface area (Å²) >= 11 is 0. The van der Waals surface area contributed by atoms with Gasteiger partial charge in [0.25, 0.3) is 5.91 Å². The van der Waals surface area contributed by atoms with Crippen molar-refractivity contribution in [1.82, 2.24) is 26.8 Å². The summed E-state index contributed by atoms with van der Waals surface area (Å²) in [5, 5.41) is 9.40. The molecule has 4 atom stereocenters. The molecule has 1 aromatic rings. The number of hydrogen-bond donors (Lipinski definition) is 5. The lowest BCUT2D eigenvalue weighted by Crippen LogP contribution is -2.59. The summed E-state index contributed by atoms with van der Waals surface area (Å²) < 4.78 is 0. The number of benzene rings is 1. The normalized spacial score (nSPS) is 26.6. The van der Waals surface area contributed by atoms with Gasteiger partial charge in [-0.1, -0.05) is 63.9 Å². The lowest BCUT2D eigenvalue weighted by Gasteiger charge is -2.36. The lowest BCUT2D eigenvalue weighted by molar-refractivity contribution is -0.137. The van der Waals surface area contributed by atoms with Crippen LogP contribution in [0, 0.1) is 17.8 Å². The topological polar surface area (TPSA) is 145 Å². The number of Topliss-reactive ketones (excluding diaryl/α,β-unsaturated/α-hetero) is 2. The molecule has 5 N–H and O–H groups in total. The average Bonchev–Trinajstić information content (AvgIpc) is 3.66. The number of hydrogen-bond acceptors (Lipinski definition) is 7. The predicted molar refractivity (Wildman–Crippen MR) is 159 cm³/mol. The molecule has 4 rings (SSSR count). The van der Waals surface area contributed by atoms with E-state index < -0.39 is 34.9 Å². The molecule has 0 radical (unpaired) electrons. The molecule has 2 heterocycles. The highest BCUT2D eigenvalue weighted by Gasteiger charge is 2.60. The number of amides is 3. The van der Waals surface area contributed by atoms with Gasteiger partial charge in [0.2, 0.25) is 11.8 Å². The Balaban J connectivity index is 1.52. The van der Waals surface area contributed by atoms with Crippen LogP contribution in [0.3, 0.4) is 0 Å². The predicted octanol–water partition coefficient (Wildman–Crippen LogP) is 2.24. The second kappa shape index (κ2) is 13.2. The van der Waals surface area contributed by atoms with Crippen LogP contribution >= 0.6 is 0 Å². The molecule has 0 spiro atoms. The van der Waals surface area contributed by atoms with Gasteiger partial charge in [0.15, 0.2) is 11.6 Å². The van der Waals surface area contributed by atoms with Crippen molar-refractivity contribution >= 4 is 29.3 Å². The van der Waals surface area contributed by atoms with Crippen LogP contribution in [-0.4, -0.2) is 53.0 Å². The fourth-order valence-electron chi connectivity index (χ4n) is 7.06. The van der Waals surface area contributed by atoms with Crippen LogP contribution in [0.15, 0.2) is 42.1 Å². The Hall–Kier alpha value is -3.53. The van der Waals surface area contributed by atoms with Crippen LogP contribution in [0.5, 0.6) is 0 Å². The third kappa shape index (κ3) is 6.59. The van der Waals surface area contributed by atoms with Crippen molar-refractivity contribution in [3.05, 3.63) is 47.7 Å². The van der Waals surface area contributed by atoms with E-state index in [0.29, 0.717) is 24.8 Å². The minimum absolute atomic E-state index is 0.00999. The van der Waals surface area contributed by atoms with Crippen molar-refractivity contribution < 1.29 is 24.0 Å². The van der Waals surface area contributed by atoms with Gasteiger partial charge in [-0.3, -0.25) is 34.8 Å². The second-order valence-corrected chi connectivity index (χ2v) is 12.5. The Morgan fingerprint density at radius 3 is 2.33 bits per heavy atom. The molecule has 0 aromatic heterocycles. The van der Waals surface area contributed by atoms with Gasteiger partial charge in [0.1, 0.15) is 11.6 Å². The van der Waals surface area contributed by atoms with Gasteiger partial charge in [0.05, 0.1) is 17.9 Å². The molecule has 1 saturated carbocycles. The molecule has 10 nitrogen and oxygen atoms in total. The lowest BCUT2D eigenvalue weighted by atomic mass is 9.70. The summed E-state index contributed by atoms with van der Waals surface area (Å²) in [6.45, 7) is 7.50. The van der Waals surface area contributed by atoms with Crippen LogP contribution in [0.1, 0.15) is 78.2 Å². The Bertz CT molecular complexity index is 1220. The fourth-order valence-corrected chi connectivity index (χ4v) is 7.06. The molecule has 42 heavy (non-hydrogen) atoms. The SMILES string of the molecule is CCC1=CNC(Cc2ccccc2)(C2CN[C@](CC(=O)NNC(=O)[C@@H](NC(C)=O)C3CCCC3)(CC(C)C)C2=O)C1=O. The monoisotopic (exact) mass is 579 g/mol. The highest BCUT2D eigenvalue weighted by atomic mass is 16.2. The van der Waals surface area contributed by atoms with Crippen LogP contribution in [0.2, 0.25) is 0 Å². The van der Waals surface area contributed by atoms with E-state index in [1.165, 1.54) is 6.92 Å². The first kappa shape index (κ1) is 31.4. The van der Waals surface area contributed by atoms with Gasteiger partial charge < -0.3 is 16.0 Å². The number of hydrazine groups is 1. The summed E-state index contributed by atoms with van der Waals surface area (Å²) in [6, 6.07) is 8.90. The van der Waals surface area contributed by atoms with Crippen LogP contribution < -0.4 is 26.8 Å². The Labute approximate surface area is 248 Å². The summed E-state index contributed by atoms with van der Waals surface area (Å²) in [4.78, 5) is 66.2. The molecular formula is C32H45N5O5. The van der Waals surface area contributed by atoms with E-state index in [0.717, 1.165) is 31.2 Å². The maximum absolute atomic E-state index is 14.4. The molecule has 2 unspecified atom stereocenters. The van der Waals surface area contributed by atoms with Gasteiger partial charge in [-0.2, -0.15) is 0 Å². The van der Waals surface area contributed by atoms with Crippen LogP contribution in [-0.2, 0) is 30.4 Å². The number of rotatable bonds is 11. The summed E-state index contributed by atoms with van der Waals surface area (Å²) in [6.07, 6.45) is 6.47. The quantitative estimate of drug-likeness (QED) is 0.253. The van der Waals surface area contributed by atoms with Gasteiger partial charge in [0, 0.05) is 31.7 Å². The zero-order valence-corrected chi connectivity index (χ0v) is 25.2. The van der Waals surface area contributed by atoms with Crippen molar-refractivity contribution in [3.63, 3.8) is 0 Å². The molecule has 3 amide bonds. The van der Waals surface area contributed by atoms with Crippen LogP contribution in [0.4, 0.5) is 0 Å². The first-order valence-electron chi connectivity index (χ1n) is 15.2. The highest BCUT2D eigenvalue weighted by Crippen LogP contribution is 2.40. The number of ketones is 2. The largest absolute Gasteiger partial charge is 0.377 e. The Kier molecular flexibility index (Phi) is 9.86. The molecule has 3 aliphatic rings. The summed E-state index contributed by atoms with van der Waals surface area (Å²) in [5.41, 5.74) is 4.22. The first-order valence-corrected chi connectivity index (χ1v) is 15.2. The fraction of sp³-hybridized carbons (Fsp3) is 0.594. The van der Waals surface area contributed by atoms with E-state index in [1.54, 1.807) is 6.20 Å². The minimum Gasteiger partial charge on any atom is -0.377 e. The number of nitrogens with one attached hydrogen (secondary N) is 5. The van der Waals surface area contributed by atoms with Crippen molar-refractivity contribution in [2.24, 2.45) is 17.8 Å². The van der Waals surface area contributed by atoms with E-state index >= 15 is 0 Å². The van der Waals surface area contributed by atoms with E-state index in [9.17, 15) is 24.0 Å². The molecule has 228 valence electrons. The minimum atomic E-state index is -1.20. The Morgan fingerprint density at radius 1 is 1.05 bits per heavy atom. The number of carbonyl (C=O) groups excluding carboxylic acids is 5. The zero-order valence-electron chi connectivity index (χ0n) is 25.2. The van der Waals surface area contributed by atoms with E-state index in [-0.39, 0.29) is 42.3 Å². The highest BCUT2D eigenvalue weighted by molar-refractivity contribution is 6.10. The van der Waals surface area contributed by atoms with E-state index in [1.807, 2.05) is 51.1 Å². The van der Waals surface area contributed by atoms with Crippen LogP contribution in [0.25, 0.3) is 0 Å². The smallest absolute Gasteiger partial charge is 0.261 e. The van der Waals surface area contributed by atoms with Crippen molar-refractivity contribution in [3.8, 4) is 0 Å². The molecule has 2 fully saturated rings.